The summed E-state index contributed by atoms with van der Waals surface area (Å²) in [4.78, 5) is 83.0. The normalized spacial score (nSPS) is 19.3. The summed E-state index contributed by atoms with van der Waals surface area (Å²) in [5.74, 6) is 0. The van der Waals surface area contributed by atoms with Gasteiger partial charge in [-0.25, -0.2) is 29.1 Å². The van der Waals surface area contributed by atoms with Crippen molar-refractivity contribution in [1.29, 1.82) is 0 Å². The van der Waals surface area contributed by atoms with Gasteiger partial charge in [-0.15, -0.1) is 11.3 Å². The SMILES string of the molecule is CC1(C)CCN2CCC(C)(C)c3c2c1cc1cc(-c2cccc(-c4cc(-c5cc(-c6cccc(-c7cc8cc9c%10c(c8oc7=O)C(C)(C)CCN%10CCC9(C)C)c6)nc(-c6ccc(-c7cc8cc9c%10c(c8oc7=O)C(C)(C)CCN%10CCC9(C)C)s6)c5)cc(-c5cccc(-c6cc7cc8c9c(c7oc6=O)C(C)(C)CCN9CCC8(C)C)c5)n4)c2)c(=O)oc31. The number of thiophene rings is 1. The van der Waals surface area contributed by atoms with Crippen LogP contribution in [0.4, 0.5) is 22.7 Å². The fraction of sp³-hybridized carbons (Fsp3) is 0.370. The zero-order valence-corrected chi connectivity index (χ0v) is 74.5. The molecule has 14 aromatic rings. The van der Waals surface area contributed by atoms with Crippen LogP contribution in [0, 0.1) is 0 Å². The molecule has 15 heterocycles. The number of benzene rings is 7. The third kappa shape index (κ3) is 12.1. The van der Waals surface area contributed by atoms with Gasteiger partial charge in [0.2, 0.25) is 0 Å². The van der Waals surface area contributed by atoms with Gasteiger partial charge in [-0.05, 0) is 248 Å². The Morgan fingerprint density at radius 3 is 0.805 bits per heavy atom. The summed E-state index contributed by atoms with van der Waals surface area (Å²) >= 11 is 1.49. The first kappa shape index (κ1) is 77.6. The van der Waals surface area contributed by atoms with Crippen molar-refractivity contribution in [2.24, 2.45) is 0 Å². The number of hydrogen-bond acceptors (Lipinski definition) is 15. The molecule has 14 nitrogen and oxygen atoms in total. The van der Waals surface area contributed by atoms with E-state index in [0.717, 1.165) is 185 Å². The summed E-state index contributed by atoms with van der Waals surface area (Å²) in [6.07, 6.45) is 7.88. The van der Waals surface area contributed by atoms with Gasteiger partial charge in [-0.3, -0.25) is 0 Å². The predicted octanol–water partition coefficient (Wildman–Crippen LogP) is 24.6. The van der Waals surface area contributed by atoms with Crippen molar-refractivity contribution in [3.05, 3.63) is 244 Å². The minimum Gasteiger partial charge on any atom is -0.422 e. The van der Waals surface area contributed by atoms with E-state index < -0.39 is 22.5 Å². The van der Waals surface area contributed by atoms with Crippen LogP contribution in [0.15, 0.2) is 195 Å². The first-order chi connectivity index (χ1) is 58.4. The van der Waals surface area contributed by atoms with Gasteiger partial charge in [0.1, 0.15) is 22.3 Å². The van der Waals surface area contributed by atoms with E-state index >= 15 is 14.4 Å². The average Bonchev–Trinajstić information content (AvgIpc) is 1.00. The summed E-state index contributed by atoms with van der Waals surface area (Å²) in [7, 11) is 0. The molecule has 0 fully saturated rings. The van der Waals surface area contributed by atoms with Crippen LogP contribution in [-0.2, 0) is 43.3 Å². The fourth-order valence-electron chi connectivity index (χ4n) is 22.5. The van der Waals surface area contributed by atoms with Crippen LogP contribution in [0.3, 0.4) is 0 Å². The lowest BCUT2D eigenvalue weighted by Crippen LogP contribution is -2.44. The number of anilines is 4. The number of pyridine rings is 2. The Balaban J connectivity index is 0.734. The molecule has 0 aliphatic carbocycles. The van der Waals surface area contributed by atoms with Gasteiger partial charge in [-0.2, -0.15) is 0 Å². The molecule has 0 saturated carbocycles. The lowest BCUT2D eigenvalue weighted by molar-refractivity contribution is 0.398. The Kier molecular flexibility index (Phi) is 16.8. The van der Waals surface area contributed by atoms with E-state index in [1.807, 2.05) is 91.0 Å². The highest BCUT2D eigenvalue weighted by Gasteiger charge is 2.48. The van der Waals surface area contributed by atoms with Crippen molar-refractivity contribution < 1.29 is 17.7 Å². The van der Waals surface area contributed by atoms with E-state index in [9.17, 15) is 4.79 Å². The maximum atomic E-state index is 15.0. The first-order valence-electron chi connectivity index (χ1n) is 44.6. The maximum Gasteiger partial charge on any atom is 0.345 e. The minimum atomic E-state index is -0.411. The fourth-order valence-corrected chi connectivity index (χ4v) is 23.5. The predicted molar refractivity (Wildman–Crippen MR) is 503 cm³/mol. The molecular formula is C108H106N6O8S. The summed E-state index contributed by atoms with van der Waals surface area (Å²) in [5.41, 5.74) is 24.6. The Morgan fingerprint density at radius 2 is 0.504 bits per heavy atom. The molecule has 15 heteroatoms. The minimum absolute atomic E-state index is 0.0868. The molecule has 22 rings (SSSR count). The van der Waals surface area contributed by atoms with Gasteiger partial charge in [0.15, 0.2) is 0 Å². The molecular weight excluding hydrogens is 1540 g/mol. The van der Waals surface area contributed by atoms with Gasteiger partial charge in [0.05, 0.1) is 49.9 Å². The van der Waals surface area contributed by atoms with Crippen LogP contribution in [0.5, 0.6) is 0 Å². The van der Waals surface area contributed by atoms with Crippen molar-refractivity contribution in [1.82, 2.24) is 9.97 Å². The maximum absolute atomic E-state index is 15.0. The smallest absolute Gasteiger partial charge is 0.345 e. The Bertz CT molecular complexity index is 7040. The van der Waals surface area contributed by atoms with Crippen molar-refractivity contribution in [3.8, 4) is 99.3 Å². The molecule has 0 unspecified atom stereocenters. The molecule has 0 atom stereocenters. The van der Waals surface area contributed by atoms with Crippen molar-refractivity contribution >= 4 is 78.0 Å². The molecule has 0 radical (unpaired) electrons. The molecule has 0 bridgehead atoms. The van der Waals surface area contributed by atoms with E-state index in [2.05, 4.69) is 197 Å². The number of fused-ring (bicyclic) bond motifs is 8. The second kappa shape index (κ2) is 26.6. The van der Waals surface area contributed by atoms with Crippen molar-refractivity contribution in [2.75, 3.05) is 72.0 Å². The van der Waals surface area contributed by atoms with E-state index in [1.165, 1.54) is 56.3 Å². The quantitative estimate of drug-likeness (QED) is 0.126. The molecule has 8 aliphatic rings. The second-order valence-electron chi connectivity index (χ2n) is 42.2. The van der Waals surface area contributed by atoms with Gasteiger partial charge in [0.25, 0.3) is 0 Å². The number of aromatic nitrogens is 2. The summed E-state index contributed by atoms with van der Waals surface area (Å²) in [6, 6.07) is 54.0. The number of nitrogens with zero attached hydrogens (tertiary/aromatic N) is 6. The Labute approximate surface area is 721 Å². The lowest BCUT2D eigenvalue weighted by Gasteiger charge is -2.48. The summed E-state index contributed by atoms with van der Waals surface area (Å²) < 4.78 is 26.7. The topological polar surface area (TPSA) is 160 Å². The Hall–Kier alpha value is -11.4. The van der Waals surface area contributed by atoms with E-state index in [1.54, 1.807) is 0 Å². The monoisotopic (exact) mass is 1650 g/mol. The summed E-state index contributed by atoms with van der Waals surface area (Å²) in [6.45, 7) is 44.6. The van der Waals surface area contributed by atoms with Crippen LogP contribution in [0.25, 0.3) is 143 Å². The van der Waals surface area contributed by atoms with Crippen LogP contribution in [0.1, 0.15) is 207 Å². The van der Waals surface area contributed by atoms with Gasteiger partial charge >= 0.3 is 22.5 Å². The van der Waals surface area contributed by atoms with Crippen LogP contribution >= 0.6 is 11.3 Å². The first-order valence-corrected chi connectivity index (χ1v) is 45.4. The van der Waals surface area contributed by atoms with Gasteiger partial charge < -0.3 is 37.3 Å². The third-order valence-electron chi connectivity index (χ3n) is 30.4. The largest absolute Gasteiger partial charge is 0.422 e. The average molecular weight is 1650 g/mol. The van der Waals surface area contributed by atoms with Gasteiger partial charge in [0, 0.05) is 140 Å². The molecule has 0 saturated heterocycles. The molecule has 123 heavy (non-hydrogen) atoms. The highest BCUT2D eigenvalue weighted by Crippen LogP contribution is 2.58. The van der Waals surface area contributed by atoms with E-state index in [-0.39, 0.29) is 43.3 Å². The second-order valence-corrected chi connectivity index (χ2v) is 43.3. The Morgan fingerprint density at radius 1 is 0.260 bits per heavy atom. The number of rotatable bonds is 9. The van der Waals surface area contributed by atoms with Crippen LogP contribution in [-0.4, -0.2) is 62.3 Å². The lowest BCUT2D eigenvalue weighted by atomic mass is 9.69. The zero-order valence-electron chi connectivity index (χ0n) is 73.7. The van der Waals surface area contributed by atoms with E-state index in [0.29, 0.717) is 84.1 Å². The molecule has 0 amide bonds. The molecule has 7 aromatic heterocycles. The zero-order chi connectivity index (χ0) is 85.2. The molecule has 7 aromatic carbocycles. The summed E-state index contributed by atoms with van der Waals surface area (Å²) in [5, 5.41) is 3.62. The number of hydrogen-bond donors (Lipinski definition) is 0. The van der Waals surface area contributed by atoms with Crippen LogP contribution in [0.2, 0.25) is 0 Å². The molecule has 0 N–H and O–H groups in total. The van der Waals surface area contributed by atoms with E-state index in [4.69, 9.17) is 27.6 Å². The molecule has 0 spiro atoms. The highest BCUT2D eigenvalue weighted by molar-refractivity contribution is 7.18. The highest BCUT2D eigenvalue weighted by atomic mass is 32.1. The molecule has 622 valence electrons. The molecule has 8 aliphatic heterocycles. The van der Waals surface area contributed by atoms with Crippen LogP contribution < -0.4 is 42.1 Å². The third-order valence-corrected chi connectivity index (χ3v) is 31.6. The van der Waals surface area contributed by atoms with Gasteiger partial charge in [-0.1, -0.05) is 165 Å². The standard InChI is InChI=1S/C108H106N6O8S/c1-101(2)28-36-111-40-32-105(9,10)85-89(111)75(101)51-67-47-71(97(115)119-93(67)85)59-20-17-23-62(44-59)79-55-65(56-80(109-79)63-24-18-21-60(45-63)72-48-68-52-76-90-86(94(68)120-98(72)116)106(11,12)33-41-112(90)37-29-102(76,3)4)66-57-81(64-25-19-22-61(46-64)73-49-69-53-77-91-87(95(69)121-99(73)117)107(13,14)34-42-113(91)38-30-103(77,5)6)110-82(58-66)84-27-26-83(123-84)74-50-70-54-78-92-88(96(70)122-100(74)118)108(15,16)35-43-114(92)39-31-104(78,7)8/h17-27,44-58H,28-43H2,1-16H3. The van der Waals surface area contributed by atoms with Crippen molar-refractivity contribution in [3.63, 3.8) is 0 Å². The van der Waals surface area contributed by atoms with Crippen molar-refractivity contribution in [2.45, 2.75) is 205 Å².